The molecule has 36 heavy (non-hydrogen) atoms. The zero-order valence-corrected chi connectivity index (χ0v) is 20.0. The molecule has 0 radical (unpaired) electrons. The summed E-state index contributed by atoms with van der Waals surface area (Å²) in [5.41, 5.74) is -2.43. The molecule has 0 saturated heterocycles. The summed E-state index contributed by atoms with van der Waals surface area (Å²) in [6.07, 6.45) is -10.4. The standard InChI is InChI=1S/C20H17ClF6N4O4S/c1-11(32)17-8-14(35-29-17)10-31(30(2)18-16(21)7-13(9-28-18)20(25,26)27)36(33,34)15-5-3-4-12(6-15)19(22,23)24/h3-7,9,14H,8,10H2,1-2H3/t14-/m1/s1. The molecule has 1 atom stereocenters. The van der Waals surface area contributed by atoms with E-state index in [0.717, 1.165) is 24.2 Å². The topological polar surface area (TPSA) is 92.2 Å². The van der Waals surface area contributed by atoms with Crippen LogP contribution < -0.4 is 5.01 Å². The van der Waals surface area contributed by atoms with E-state index in [0.29, 0.717) is 28.8 Å². The number of halogens is 7. The lowest BCUT2D eigenvalue weighted by Gasteiger charge is -2.33. The first-order chi connectivity index (χ1) is 16.5. The molecule has 8 nitrogen and oxygen atoms in total. The van der Waals surface area contributed by atoms with E-state index in [1.165, 1.54) is 6.92 Å². The van der Waals surface area contributed by atoms with Gasteiger partial charge in [0.05, 0.1) is 27.6 Å². The van der Waals surface area contributed by atoms with E-state index in [-0.39, 0.29) is 12.1 Å². The smallest absolute Gasteiger partial charge is 0.390 e. The number of aromatic nitrogens is 1. The maximum Gasteiger partial charge on any atom is 0.417 e. The van der Waals surface area contributed by atoms with Crippen molar-refractivity contribution in [3.8, 4) is 0 Å². The third-order valence-corrected chi connectivity index (χ3v) is 7.10. The number of hydrazine groups is 1. The molecule has 1 aromatic carbocycles. The number of carbonyl (C=O) groups excluding carboxylic acids is 1. The van der Waals surface area contributed by atoms with Crippen LogP contribution in [0.4, 0.5) is 32.2 Å². The highest BCUT2D eigenvalue weighted by atomic mass is 35.5. The maximum absolute atomic E-state index is 13.5. The van der Waals surface area contributed by atoms with Crippen molar-refractivity contribution in [2.75, 3.05) is 18.6 Å². The molecule has 0 saturated carbocycles. The molecule has 0 fully saturated rings. The van der Waals surface area contributed by atoms with E-state index in [9.17, 15) is 39.6 Å². The second-order valence-corrected chi connectivity index (χ2v) is 9.86. The third-order valence-electron chi connectivity index (χ3n) is 5.03. The number of benzene rings is 1. The number of sulfonamides is 1. The van der Waals surface area contributed by atoms with Crippen molar-refractivity contribution in [2.24, 2.45) is 5.16 Å². The molecule has 0 aliphatic carbocycles. The maximum atomic E-state index is 13.5. The quantitative estimate of drug-likeness (QED) is 0.366. The number of hydrogen-bond donors (Lipinski definition) is 0. The van der Waals surface area contributed by atoms with Crippen molar-refractivity contribution in [3.63, 3.8) is 0 Å². The lowest BCUT2D eigenvalue weighted by molar-refractivity contribution is -0.138. The first-order valence-electron chi connectivity index (χ1n) is 9.92. The van der Waals surface area contributed by atoms with Crippen LogP contribution in [0.5, 0.6) is 0 Å². The van der Waals surface area contributed by atoms with Crippen LogP contribution in [0.15, 0.2) is 46.6 Å². The van der Waals surface area contributed by atoms with Gasteiger partial charge in [-0.2, -0.15) is 26.3 Å². The van der Waals surface area contributed by atoms with Gasteiger partial charge < -0.3 is 4.84 Å². The Hall–Kier alpha value is -2.91. The number of nitrogens with zero attached hydrogens (tertiary/aromatic N) is 4. The fraction of sp³-hybridized carbons (Fsp3) is 0.350. The minimum Gasteiger partial charge on any atom is -0.390 e. The summed E-state index contributed by atoms with van der Waals surface area (Å²) in [5, 5.41) is 3.76. The second kappa shape index (κ2) is 9.86. The minimum absolute atomic E-state index is 0.00440. The van der Waals surface area contributed by atoms with Gasteiger partial charge in [0.25, 0.3) is 10.0 Å². The number of hydrogen-bond acceptors (Lipinski definition) is 7. The summed E-state index contributed by atoms with van der Waals surface area (Å²) in [6.45, 7) is 0.619. The Morgan fingerprint density at radius 3 is 2.31 bits per heavy atom. The van der Waals surface area contributed by atoms with Crippen molar-refractivity contribution in [1.82, 2.24) is 9.40 Å². The molecule has 1 aromatic heterocycles. The number of alkyl halides is 6. The SMILES string of the molecule is CC(=O)C1=NO[C@@H](CN(N(C)c2ncc(C(F)(F)F)cc2Cl)S(=O)(=O)c2cccc(C(F)(F)F)c2)C1. The highest BCUT2D eigenvalue weighted by Crippen LogP contribution is 2.35. The molecule has 196 valence electrons. The average molecular weight is 559 g/mol. The van der Waals surface area contributed by atoms with Gasteiger partial charge in [0, 0.05) is 26.6 Å². The van der Waals surface area contributed by atoms with E-state index in [1.54, 1.807) is 0 Å². The molecule has 0 unspecified atom stereocenters. The summed E-state index contributed by atoms with van der Waals surface area (Å²) < 4.78 is 106. The van der Waals surface area contributed by atoms with Crippen molar-refractivity contribution in [1.29, 1.82) is 0 Å². The van der Waals surface area contributed by atoms with Crippen molar-refractivity contribution in [2.45, 2.75) is 36.7 Å². The molecule has 0 amide bonds. The largest absolute Gasteiger partial charge is 0.417 e. The molecule has 0 bridgehead atoms. The van der Waals surface area contributed by atoms with Gasteiger partial charge in [-0.1, -0.05) is 22.8 Å². The van der Waals surface area contributed by atoms with Gasteiger partial charge >= 0.3 is 12.4 Å². The summed E-state index contributed by atoms with van der Waals surface area (Å²) in [6, 6.07) is 3.42. The molecule has 16 heteroatoms. The number of ketones is 1. The van der Waals surface area contributed by atoms with Crippen LogP contribution in [0.3, 0.4) is 0 Å². The fourth-order valence-electron chi connectivity index (χ4n) is 3.17. The summed E-state index contributed by atoms with van der Waals surface area (Å²) >= 11 is 5.96. The van der Waals surface area contributed by atoms with E-state index < -0.39 is 67.7 Å². The van der Waals surface area contributed by atoms with E-state index in [2.05, 4.69) is 10.1 Å². The predicted octanol–water partition coefficient (Wildman–Crippen LogP) is 4.55. The normalized spacial score (nSPS) is 16.6. The molecule has 3 rings (SSSR count). The van der Waals surface area contributed by atoms with Crippen LogP contribution in [0.1, 0.15) is 24.5 Å². The van der Waals surface area contributed by atoms with Crippen molar-refractivity contribution < 1.29 is 44.4 Å². The van der Waals surface area contributed by atoms with Crippen LogP contribution in [0.25, 0.3) is 0 Å². The van der Waals surface area contributed by atoms with E-state index in [1.807, 2.05) is 0 Å². The Bertz CT molecular complexity index is 1300. The molecule has 1 aliphatic heterocycles. The molecular formula is C20H17ClF6N4O4S. The molecule has 0 N–H and O–H groups in total. The van der Waals surface area contributed by atoms with Gasteiger partial charge in [-0.05, 0) is 24.3 Å². The number of oxime groups is 1. The van der Waals surface area contributed by atoms with E-state index in [4.69, 9.17) is 16.4 Å². The minimum atomic E-state index is -4.85. The van der Waals surface area contributed by atoms with Gasteiger partial charge in [-0.3, -0.25) is 9.80 Å². The fourth-order valence-corrected chi connectivity index (χ4v) is 5.00. The Morgan fingerprint density at radius 1 is 1.14 bits per heavy atom. The number of Topliss-reactive ketones (excluding diaryl/α,β-unsaturated/α-hetero) is 1. The predicted molar refractivity (Wildman–Crippen MR) is 116 cm³/mol. The first kappa shape index (κ1) is 27.7. The van der Waals surface area contributed by atoms with E-state index >= 15 is 0 Å². The van der Waals surface area contributed by atoms with Crippen LogP contribution in [0, 0.1) is 0 Å². The number of carbonyl (C=O) groups is 1. The molecular weight excluding hydrogens is 542 g/mol. The second-order valence-electron chi connectivity index (χ2n) is 7.61. The summed E-state index contributed by atoms with van der Waals surface area (Å²) in [4.78, 5) is 19.5. The van der Waals surface area contributed by atoms with Crippen LogP contribution >= 0.6 is 11.6 Å². The molecule has 2 aromatic rings. The zero-order valence-electron chi connectivity index (χ0n) is 18.4. The van der Waals surface area contributed by atoms with Crippen molar-refractivity contribution >= 4 is 38.9 Å². The lowest BCUT2D eigenvalue weighted by atomic mass is 10.1. The van der Waals surface area contributed by atoms with Crippen LogP contribution in [-0.4, -0.2) is 49.0 Å². The van der Waals surface area contributed by atoms with Gasteiger partial charge in [0.15, 0.2) is 11.6 Å². The van der Waals surface area contributed by atoms with Crippen LogP contribution in [-0.2, 0) is 32.0 Å². The first-order valence-corrected chi connectivity index (χ1v) is 11.7. The Kier molecular flexibility index (Phi) is 7.58. The van der Waals surface area contributed by atoms with Crippen molar-refractivity contribution in [3.05, 3.63) is 52.7 Å². The number of rotatable bonds is 7. The monoisotopic (exact) mass is 558 g/mol. The van der Waals surface area contributed by atoms with Gasteiger partial charge in [0.2, 0.25) is 0 Å². The molecule has 1 aliphatic rings. The van der Waals surface area contributed by atoms with Gasteiger partial charge in [-0.15, -0.1) is 4.41 Å². The Balaban J connectivity index is 2.05. The third kappa shape index (κ3) is 5.90. The number of pyridine rings is 1. The lowest BCUT2D eigenvalue weighted by Crippen LogP contribution is -2.48. The Morgan fingerprint density at radius 2 is 1.78 bits per heavy atom. The highest BCUT2D eigenvalue weighted by molar-refractivity contribution is 7.89. The highest BCUT2D eigenvalue weighted by Gasteiger charge is 2.38. The molecule has 0 spiro atoms. The summed E-state index contributed by atoms with van der Waals surface area (Å²) in [7, 11) is -3.70. The van der Waals surface area contributed by atoms with Gasteiger partial charge in [0.1, 0.15) is 11.8 Å². The summed E-state index contributed by atoms with van der Waals surface area (Å²) in [5.74, 6) is -0.878. The van der Waals surface area contributed by atoms with Crippen LogP contribution in [0.2, 0.25) is 5.02 Å². The average Bonchev–Trinajstić information content (AvgIpc) is 3.25. The Labute approximate surface area is 206 Å². The zero-order chi connectivity index (χ0) is 27.1. The van der Waals surface area contributed by atoms with Gasteiger partial charge in [-0.25, -0.2) is 13.4 Å². The number of anilines is 1. The molecule has 2 heterocycles.